The normalized spacial score (nSPS) is 12.4. The maximum absolute atomic E-state index is 12.8. The van der Waals surface area contributed by atoms with Gasteiger partial charge in [0.05, 0.1) is 16.7 Å². The zero-order chi connectivity index (χ0) is 25.1. The topological polar surface area (TPSA) is 86.8 Å². The number of pyridine rings is 1. The Morgan fingerprint density at radius 2 is 1.56 bits per heavy atom. The highest BCUT2D eigenvalue weighted by molar-refractivity contribution is 6.31. The summed E-state index contributed by atoms with van der Waals surface area (Å²) in [5.74, 6) is -1.56. The van der Waals surface area contributed by atoms with Gasteiger partial charge in [0.25, 0.3) is 0 Å². The maximum atomic E-state index is 12.8. The number of hydrogen-bond donors (Lipinski definition) is 1. The quantitative estimate of drug-likeness (QED) is 0.151. The maximum Gasteiger partial charge on any atom is 0.417 e. The number of ether oxygens (including phenoxy) is 1. The first-order valence-electron chi connectivity index (χ1n) is 9.07. The molecule has 34 heavy (non-hydrogen) atoms. The summed E-state index contributed by atoms with van der Waals surface area (Å²) in [5, 5.41) is 3.05. The van der Waals surface area contributed by atoms with Gasteiger partial charge in [-0.3, -0.25) is 0 Å². The highest BCUT2D eigenvalue weighted by atomic mass is 35.5. The third-order valence-electron chi connectivity index (χ3n) is 4.15. The van der Waals surface area contributed by atoms with Crippen molar-refractivity contribution in [1.29, 1.82) is 0 Å². The standard InChI is InChI=1S/C21H12ClF6N3O3/c22-16-9-14(21(26,27)28)10-30-18(16)33-15-6-4-11(5-7-15)17(29)31-34-19(32)12-2-1-3-13(8-12)20(23,24)25/h1-10H,(H2,29,31). The van der Waals surface area contributed by atoms with Gasteiger partial charge in [-0.1, -0.05) is 22.8 Å². The number of aromatic nitrogens is 1. The van der Waals surface area contributed by atoms with Crippen LogP contribution in [0.4, 0.5) is 26.3 Å². The molecule has 0 bridgehead atoms. The molecule has 0 fully saturated rings. The summed E-state index contributed by atoms with van der Waals surface area (Å²) in [7, 11) is 0. The number of carbonyl (C=O) groups is 1. The predicted octanol–water partition coefficient (Wildman–Crippen LogP) is 6.04. The minimum atomic E-state index is -4.64. The predicted molar refractivity (Wildman–Crippen MR) is 108 cm³/mol. The molecule has 2 aromatic carbocycles. The first kappa shape index (κ1) is 24.8. The Bertz CT molecular complexity index is 1230. The molecule has 0 saturated heterocycles. The van der Waals surface area contributed by atoms with Crippen LogP contribution in [0.1, 0.15) is 27.0 Å². The molecule has 1 aromatic heterocycles. The lowest BCUT2D eigenvalue weighted by Gasteiger charge is -2.10. The molecule has 0 unspecified atom stereocenters. The lowest BCUT2D eigenvalue weighted by Crippen LogP contribution is -2.15. The van der Waals surface area contributed by atoms with Crippen LogP contribution in [-0.2, 0) is 17.2 Å². The van der Waals surface area contributed by atoms with Gasteiger partial charge in [0.1, 0.15) is 10.8 Å². The van der Waals surface area contributed by atoms with Crippen LogP contribution in [0.25, 0.3) is 0 Å². The molecule has 0 amide bonds. The average Bonchev–Trinajstić information content (AvgIpc) is 2.78. The monoisotopic (exact) mass is 503 g/mol. The van der Waals surface area contributed by atoms with Gasteiger partial charge in [-0.15, -0.1) is 0 Å². The highest BCUT2D eigenvalue weighted by Gasteiger charge is 2.32. The van der Waals surface area contributed by atoms with Crippen molar-refractivity contribution in [3.05, 3.63) is 88.1 Å². The van der Waals surface area contributed by atoms with Crippen molar-refractivity contribution in [1.82, 2.24) is 4.98 Å². The lowest BCUT2D eigenvalue weighted by atomic mass is 10.1. The fourth-order valence-electron chi connectivity index (χ4n) is 2.48. The second-order valence-corrected chi connectivity index (χ2v) is 6.98. The molecular weight excluding hydrogens is 492 g/mol. The largest absolute Gasteiger partial charge is 0.438 e. The van der Waals surface area contributed by atoms with Crippen LogP contribution in [0.15, 0.2) is 65.9 Å². The Balaban J connectivity index is 1.67. The molecule has 13 heteroatoms. The fourth-order valence-corrected chi connectivity index (χ4v) is 2.68. The SMILES string of the molecule is NC(=NOC(=O)c1cccc(C(F)(F)F)c1)c1ccc(Oc2ncc(C(F)(F)F)cc2Cl)cc1. The van der Waals surface area contributed by atoms with Gasteiger partial charge in [0.15, 0.2) is 5.84 Å². The summed E-state index contributed by atoms with van der Waals surface area (Å²) in [5.41, 5.74) is 3.52. The van der Waals surface area contributed by atoms with Crippen LogP contribution in [0.5, 0.6) is 11.6 Å². The van der Waals surface area contributed by atoms with Crippen molar-refractivity contribution < 1.29 is 40.7 Å². The summed E-state index contributed by atoms with van der Waals surface area (Å²) in [4.78, 5) is 20.1. The molecule has 0 aliphatic carbocycles. The van der Waals surface area contributed by atoms with E-state index in [4.69, 9.17) is 22.1 Å². The lowest BCUT2D eigenvalue weighted by molar-refractivity contribution is -0.138. The summed E-state index contributed by atoms with van der Waals surface area (Å²) in [6.45, 7) is 0. The van der Waals surface area contributed by atoms with Crippen LogP contribution in [0.3, 0.4) is 0 Å². The molecule has 1 heterocycles. The smallest absolute Gasteiger partial charge is 0.417 e. The summed E-state index contributed by atoms with van der Waals surface area (Å²) < 4.78 is 81.7. The van der Waals surface area contributed by atoms with Gasteiger partial charge < -0.3 is 15.3 Å². The fraction of sp³-hybridized carbons (Fsp3) is 0.0952. The average molecular weight is 504 g/mol. The molecular formula is C21H12ClF6N3O3. The Kier molecular flexibility index (Phi) is 7.01. The molecule has 6 nitrogen and oxygen atoms in total. The van der Waals surface area contributed by atoms with Crippen molar-refractivity contribution in [2.45, 2.75) is 12.4 Å². The van der Waals surface area contributed by atoms with Crippen molar-refractivity contribution in [2.75, 3.05) is 0 Å². The van der Waals surface area contributed by atoms with Gasteiger partial charge in [-0.25, -0.2) is 9.78 Å². The Morgan fingerprint density at radius 3 is 2.15 bits per heavy atom. The number of nitrogens with two attached hydrogens (primary N) is 1. The Morgan fingerprint density at radius 1 is 0.912 bits per heavy atom. The number of carbonyl (C=O) groups excluding carboxylic acids is 1. The zero-order valence-corrected chi connectivity index (χ0v) is 17.4. The van der Waals surface area contributed by atoms with E-state index in [0.717, 1.165) is 18.2 Å². The van der Waals surface area contributed by atoms with Crippen LogP contribution in [0.2, 0.25) is 5.02 Å². The van der Waals surface area contributed by atoms with Crippen molar-refractivity contribution in [3.8, 4) is 11.6 Å². The first-order valence-corrected chi connectivity index (χ1v) is 9.45. The van der Waals surface area contributed by atoms with Crippen molar-refractivity contribution in [3.63, 3.8) is 0 Å². The van der Waals surface area contributed by atoms with Gasteiger partial charge in [0, 0.05) is 11.8 Å². The minimum absolute atomic E-state index is 0.145. The molecule has 0 atom stereocenters. The third kappa shape index (κ3) is 6.16. The van der Waals surface area contributed by atoms with Crippen molar-refractivity contribution in [2.24, 2.45) is 10.9 Å². The van der Waals surface area contributed by atoms with E-state index in [1.54, 1.807) is 0 Å². The molecule has 3 rings (SSSR count). The summed E-state index contributed by atoms with van der Waals surface area (Å²) in [6.07, 6.45) is -8.68. The Labute approximate surface area is 192 Å². The number of oxime groups is 1. The second-order valence-electron chi connectivity index (χ2n) is 6.57. The minimum Gasteiger partial charge on any atom is -0.438 e. The molecule has 0 saturated carbocycles. The van der Waals surface area contributed by atoms with Crippen LogP contribution in [0, 0.1) is 0 Å². The van der Waals surface area contributed by atoms with E-state index in [9.17, 15) is 31.1 Å². The first-order chi connectivity index (χ1) is 15.8. The van der Waals surface area contributed by atoms with Crippen LogP contribution in [-0.4, -0.2) is 16.8 Å². The number of alkyl halides is 6. The second kappa shape index (κ2) is 9.59. The van der Waals surface area contributed by atoms with Crippen LogP contribution >= 0.6 is 11.6 Å². The van der Waals surface area contributed by atoms with E-state index in [1.165, 1.54) is 24.3 Å². The van der Waals surface area contributed by atoms with E-state index in [0.29, 0.717) is 18.3 Å². The Hall–Kier alpha value is -3.80. The third-order valence-corrected chi connectivity index (χ3v) is 4.42. The molecule has 0 radical (unpaired) electrons. The highest BCUT2D eigenvalue weighted by Crippen LogP contribution is 2.34. The van der Waals surface area contributed by atoms with Gasteiger partial charge in [-0.05, 0) is 48.5 Å². The van der Waals surface area contributed by atoms with Gasteiger partial charge >= 0.3 is 18.3 Å². The summed E-state index contributed by atoms with van der Waals surface area (Å²) in [6, 6.07) is 9.73. The number of benzene rings is 2. The van der Waals surface area contributed by atoms with E-state index in [-0.39, 0.29) is 33.6 Å². The van der Waals surface area contributed by atoms with E-state index >= 15 is 0 Å². The number of amidine groups is 1. The number of hydrogen-bond acceptors (Lipinski definition) is 5. The van der Waals surface area contributed by atoms with E-state index in [1.807, 2.05) is 0 Å². The number of rotatable bonds is 5. The van der Waals surface area contributed by atoms with Gasteiger partial charge in [-0.2, -0.15) is 26.3 Å². The molecule has 0 spiro atoms. The van der Waals surface area contributed by atoms with Crippen LogP contribution < -0.4 is 10.5 Å². The zero-order valence-electron chi connectivity index (χ0n) is 16.6. The van der Waals surface area contributed by atoms with Gasteiger partial charge in [0.2, 0.25) is 5.88 Å². The summed E-state index contributed by atoms with van der Waals surface area (Å²) >= 11 is 5.79. The molecule has 0 aliphatic heterocycles. The molecule has 2 N–H and O–H groups in total. The molecule has 0 aliphatic rings. The molecule has 178 valence electrons. The number of nitrogens with zero attached hydrogens (tertiary/aromatic N) is 2. The molecule has 3 aromatic rings. The number of halogens is 7. The van der Waals surface area contributed by atoms with Crippen molar-refractivity contribution >= 4 is 23.4 Å². The van der Waals surface area contributed by atoms with E-state index < -0.39 is 29.4 Å². The van der Waals surface area contributed by atoms with E-state index in [2.05, 4.69) is 15.0 Å².